The number of anilines is 1. The van der Waals surface area contributed by atoms with E-state index in [2.05, 4.69) is 10.6 Å². The lowest BCUT2D eigenvalue weighted by atomic mass is 10.0. The van der Waals surface area contributed by atoms with E-state index in [1.807, 2.05) is 41.8 Å². The third-order valence-corrected chi connectivity index (χ3v) is 6.02. The second-order valence-electron chi connectivity index (χ2n) is 6.83. The fraction of sp³-hybridized carbons (Fsp3) is 0.579. The Hall–Kier alpha value is -1.53. The van der Waals surface area contributed by atoms with E-state index < -0.39 is 0 Å². The lowest BCUT2D eigenvalue weighted by Gasteiger charge is -2.27. The summed E-state index contributed by atoms with van der Waals surface area (Å²) in [5, 5.41) is 6.33. The van der Waals surface area contributed by atoms with Crippen LogP contribution in [-0.2, 0) is 4.79 Å². The van der Waals surface area contributed by atoms with Gasteiger partial charge in [0.15, 0.2) is 0 Å². The number of nitrogens with zero attached hydrogens (tertiary/aromatic N) is 1. The van der Waals surface area contributed by atoms with Crippen molar-refractivity contribution in [1.82, 2.24) is 10.2 Å². The van der Waals surface area contributed by atoms with E-state index in [0.29, 0.717) is 17.9 Å². The number of benzene rings is 1. The molecule has 0 spiro atoms. The molecule has 0 radical (unpaired) electrons. The van der Waals surface area contributed by atoms with Crippen LogP contribution in [0.5, 0.6) is 0 Å². The number of hydrogen-bond donors (Lipinski definition) is 2. The molecule has 25 heavy (non-hydrogen) atoms. The molecule has 1 atom stereocenters. The molecule has 3 rings (SSSR count). The van der Waals surface area contributed by atoms with Crippen LogP contribution >= 0.6 is 11.8 Å². The summed E-state index contributed by atoms with van der Waals surface area (Å²) >= 11 is 1.89. The molecule has 2 aliphatic rings. The molecule has 5 nitrogen and oxygen atoms in total. The molecule has 0 bridgehead atoms. The zero-order valence-corrected chi connectivity index (χ0v) is 15.7. The minimum absolute atomic E-state index is 0.0361. The van der Waals surface area contributed by atoms with Crippen LogP contribution in [-0.4, -0.2) is 54.4 Å². The largest absolute Gasteiger partial charge is 0.337 e. The first-order chi connectivity index (χ1) is 12.1. The molecule has 0 aromatic heterocycles. The van der Waals surface area contributed by atoms with Crippen LogP contribution in [0, 0.1) is 12.8 Å². The van der Waals surface area contributed by atoms with Crippen molar-refractivity contribution in [3.63, 3.8) is 0 Å². The van der Waals surface area contributed by atoms with Crippen LogP contribution < -0.4 is 10.6 Å². The van der Waals surface area contributed by atoms with Crippen molar-refractivity contribution >= 4 is 29.3 Å². The van der Waals surface area contributed by atoms with Crippen molar-refractivity contribution in [2.24, 2.45) is 5.92 Å². The Morgan fingerprint density at radius 2 is 2.12 bits per heavy atom. The molecule has 0 aliphatic carbocycles. The van der Waals surface area contributed by atoms with Crippen LogP contribution in [0.3, 0.4) is 0 Å². The van der Waals surface area contributed by atoms with Crippen LogP contribution in [0.1, 0.15) is 35.2 Å². The SMILES string of the molecule is Cc1c(NC(=O)CCC2CCNC2)cccc1C(=O)N1CCSCC1. The predicted molar refractivity (Wildman–Crippen MR) is 103 cm³/mol. The molecule has 2 N–H and O–H groups in total. The average molecular weight is 362 g/mol. The summed E-state index contributed by atoms with van der Waals surface area (Å²) in [6.45, 7) is 5.60. The minimum Gasteiger partial charge on any atom is -0.337 e. The third-order valence-electron chi connectivity index (χ3n) is 5.08. The molecule has 1 aromatic carbocycles. The number of nitrogens with one attached hydrogen (secondary N) is 2. The fourth-order valence-electron chi connectivity index (χ4n) is 3.45. The molecule has 2 saturated heterocycles. The van der Waals surface area contributed by atoms with E-state index in [1.165, 1.54) is 0 Å². The van der Waals surface area contributed by atoms with Gasteiger partial charge in [-0.15, -0.1) is 0 Å². The Bertz CT molecular complexity index is 623. The second-order valence-corrected chi connectivity index (χ2v) is 8.05. The van der Waals surface area contributed by atoms with Crippen molar-refractivity contribution in [1.29, 1.82) is 0 Å². The monoisotopic (exact) mass is 361 g/mol. The zero-order chi connectivity index (χ0) is 17.6. The van der Waals surface area contributed by atoms with Gasteiger partial charge in [-0.2, -0.15) is 11.8 Å². The number of carbonyl (C=O) groups is 2. The Kier molecular flexibility index (Phi) is 6.37. The van der Waals surface area contributed by atoms with Gasteiger partial charge < -0.3 is 15.5 Å². The van der Waals surface area contributed by atoms with Crippen LogP contribution in [0.4, 0.5) is 5.69 Å². The third kappa shape index (κ3) is 4.76. The molecular weight excluding hydrogens is 334 g/mol. The Balaban J connectivity index is 1.61. The zero-order valence-electron chi connectivity index (χ0n) is 14.8. The summed E-state index contributed by atoms with van der Waals surface area (Å²) in [4.78, 5) is 26.9. The molecule has 6 heteroatoms. The standard InChI is InChI=1S/C19H27N3O2S/c1-14-16(19(24)22-9-11-25-12-10-22)3-2-4-17(14)21-18(23)6-5-15-7-8-20-13-15/h2-4,15,20H,5-13H2,1H3,(H,21,23). The van der Waals surface area contributed by atoms with Gasteiger partial charge in [0.1, 0.15) is 0 Å². The molecule has 0 saturated carbocycles. The molecule has 136 valence electrons. The molecule has 1 aromatic rings. The number of rotatable bonds is 5. The number of carbonyl (C=O) groups excluding carboxylic acids is 2. The van der Waals surface area contributed by atoms with Crippen molar-refractivity contribution in [3.05, 3.63) is 29.3 Å². The van der Waals surface area contributed by atoms with Gasteiger partial charge in [-0.1, -0.05) is 6.07 Å². The molecule has 2 aliphatic heterocycles. The first kappa shape index (κ1) is 18.3. The highest BCUT2D eigenvalue weighted by Gasteiger charge is 2.21. The number of amides is 2. The summed E-state index contributed by atoms with van der Waals surface area (Å²) in [5.41, 5.74) is 2.32. The first-order valence-corrected chi connectivity index (χ1v) is 10.3. The number of hydrogen-bond acceptors (Lipinski definition) is 4. The van der Waals surface area contributed by atoms with Gasteiger partial charge >= 0.3 is 0 Å². The van der Waals surface area contributed by atoms with E-state index in [0.717, 1.165) is 61.8 Å². The maximum Gasteiger partial charge on any atom is 0.254 e. The lowest BCUT2D eigenvalue weighted by molar-refractivity contribution is -0.116. The van der Waals surface area contributed by atoms with Gasteiger partial charge in [0.2, 0.25) is 5.91 Å². The average Bonchev–Trinajstić information content (AvgIpc) is 3.15. The smallest absolute Gasteiger partial charge is 0.254 e. The van der Waals surface area contributed by atoms with Gasteiger partial charge in [0, 0.05) is 42.3 Å². The minimum atomic E-state index is 0.0361. The van der Waals surface area contributed by atoms with Crippen molar-refractivity contribution in [2.45, 2.75) is 26.2 Å². The fourth-order valence-corrected chi connectivity index (χ4v) is 4.35. The van der Waals surface area contributed by atoms with E-state index in [4.69, 9.17) is 0 Å². The first-order valence-electron chi connectivity index (χ1n) is 9.12. The maximum atomic E-state index is 12.8. The summed E-state index contributed by atoms with van der Waals surface area (Å²) in [5.74, 6) is 2.71. The Labute approximate surface area is 153 Å². The van der Waals surface area contributed by atoms with Gasteiger partial charge in [-0.25, -0.2) is 0 Å². The molecule has 1 unspecified atom stereocenters. The summed E-state index contributed by atoms with van der Waals surface area (Å²) < 4.78 is 0. The van der Waals surface area contributed by atoms with Crippen LogP contribution in [0.25, 0.3) is 0 Å². The van der Waals surface area contributed by atoms with Crippen LogP contribution in [0.2, 0.25) is 0 Å². The van der Waals surface area contributed by atoms with E-state index in [-0.39, 0.29) is 11.8 Å². The van der Waals surface area contributed by atoms with Crippen LogP contribution in [0.15, 0.2) is 18.2 Å². The highest BCUT2D eigenvalue weighted by atomic mass is 32.2. The van der Waals surface area contributed by atoms with Gasteiger partial charge in [-0.3, -0.25) is 9.59 Å². The molecular formula is C19H27N3O2S. The summed E-state index contributed by atoms with van der Waals surface area (Å²) in [7, 11) is 0. The highest BCUT2D eigenvalue weighted by Crippen LogP contribution is 2.23. The van der Waals surface area contributed by atoms with Crippen molar-refractivity contribution in [3.8, 4) is 0 Å². The summed E-state index contributed by atoms with van der Waals surface area (Å²) in [6, 6.07) is 5.60. The van der Waals surface area contributed by atoms with Gasteiger partial charge in [0.25, 0.3) is 5.91 Å². The van der Waals surface area contributed by atoms with Crippen molar-refractivity contribution in [2.75, 3.05) is 43.0 Å². The second kappa shape index (κ2) is 8.72. The quantitative estimate of drug-likeness (QED) is 0.846. The maximum absolute atomic E-state index is 12.8. The topological polar surface area (TPSA) is 61.4 Å². The Morgan fingerprint density at radius 3 is 2.84 bits per heavy atom. The van der Waals surface area contributed by atoms with Gasteiger partial charge in [0.05, 0.1) is 0 Å². The van der Waals surface area contributed by atoms with Crippen molar-refractivity contribution < 1.29 is 9.59 Å². The molecule has 2 fully saturated rings. The van der Waals surface area contributed by atoms with Gasteiger partial charge in [-0.05, 0) is 56.5 Å². The summed E-state index contributed by atoms with van der Waals surface area (Å²) in [6.07, 6.45) is 2.61. The predicted octanol–water partition coefficient (Wildman–Crippen LogP) is 2.51. The van der Waals surface area contributed by atoms with E-state index in [9.17, 15) is 9.59 Å². The Morgan fingerprint density at radius 1 is 1.32 bits per heavy atom. The molecule has 2 heterocycles. The number of thioether (sulfide) groups is 1. The highest BCUT2D eigenvalue weighted by molar-refractivity contribution is 7.99. The molecule has 2 amide bonds. The van der Waals surface area contributed by atoms with E-state index >= 15 is 0 Å². The lowest BCUT2D eigenvalue weighted by Crippen LogP contribution is -2.38. The van der Waals surface area contributed by atoms with E-state index in [1.54, 1.807) is 0 Å². The normalized spacial score (nSPS) is 20.5.